The highest BCUT2D eigenvalue weighted by atomic mass is 16.6. The van der Waals surface area contributed by atoms with Crippen molar-refractivity contribution in [3.05, 3.63) is 76.0 Å². The van der Waals surface area contributed by atoms with Crippen LogP contribution in [0.1, 0.15) is 18.1 Å². The van der Waals surface area contributed by atoms with Crippen molar-refractivity contribution in [3.63, 3.8) is 0 Å². The number of carbonyl (C=O) groups is 1. The highest BCUT2D eigenvalue weighted by molar-refractivity contribution is 5.88. The lowest BCUT2D eigenvalue weighted by molar-refractivity contribution is -0.445. The third-order valence-corrected chi connectivity index (χ3v) is 3.63. The van der Waals surface area contributed by atoms with E-state index in [1.54, 1.807) is 0 Å². The molecule has 142 valence electrons. The van der Waals surface area contributed by atoms with Crippen LogP contribution in [0.25, 0.3) is 10.9 Å². The third kappa shape index (κ3) is 6.47. The van der Waals surface area contributed by atoms with Crippen molar-refractivity contribution in [2.24, 2.45) is 0 Å². The fraction of sp³-hybridized carbons (Fsp3) is 0.250. The lowest BCUT2D eigenvalue weighted by Crippen LogP contribution is -2.06. The minimum atomic E-state index is -0.500. The number of hydrogen-bond donors (Lipinski definition) is 1. The van der Waals surface area contributed by atoms with E-state index >= 15 is 0 Å². The van der Waals surface area contributed by atoms with Crippen molar-refractivity contribution in [2.75, 3.05) is 13.7 Å². The molecule has 0 atom stereocenters. The molecule has 0 bridgehead atoms. The number of hydrogen-bond acceptors (Lipinski definition) is 5. The van der Waals surface area contributed by atoms with Crippen molar-refractivity contribution in [2.45, 2.75) is 20.0 Å². The van der Waals surface area contributed by atoms with Gasteiger partial charge in [0.1, 0.15) is 12.4 Å². The molecule has 2 aromatic carbocycles. The summed E-state index contributed by atoms with van der Waals surface area (Å²) in [6, 6.07) is 15.9. The molecule has 3 aromatic rings. The fourth-order valence-corrected chi connectivity index (χ4v) is 2.50. The van der Waals surface area contributed by atoms with Crippen LogP contribution in [0.4, 0.5) is 0 Å². The van der Waals surface area contributed by atoms with Crippen LogP contribution in [0.15, 0.2) is 54.7 Å². The van der Waals surface area contributed by atoms with Crippen LogP contribution in [-0.4, -0.2) is 29.5 Å². The number of ether oxygens (including phenoxy) is 2. The van der Waals surface area contributed by atoms with Crippen molar-refractivity contribution < 1.29 is 19.2 Å². The maximum atomic E-state index is 11.7. The molecule has 0 aliphatic rings. The van der Waals surface area contributed by atoms with Crippen LogP contribution < -0.4 is 4.74 Å². The first-order valence-corrected chi connectivity index (χ1v) is 8.50. The van der Waals surface area contributed by atoms with Gasteiger partial charge in [-0.2, -0.15) is 0 Å². The molecule has 0 amide bonds. The standard InChI is InChI=1S/C19H19NO3.CH3NO2/c1-2-22-19(21)10-15-12-20-18-9-8-16(11-17(15)18)23-13-14-6-4-3-5-7-14;1-2(3)4/h3-9,11-12,20H,2,10,13H2,1H3;1H3. The van der Waals surface area contributed by atoms with Crippen molar-refractivity contribution in [1.82, 2.24) is 4.98 Å². The van der Waals surface area contributed by atoms with Gasteiger partial charge >= 0.3 is 5.97 Å². The Morgan fingerprint density at radius 1 is 1.19 bits per heavy atom. The number of aromatic amines is 1. The Morgan fingerprint density at radius 2 is 1.89 bits per heavy atom. The zero-order chi connectivity index (χ0) is 19.6. The van der Waals surface area contributed by atoms with Gasteiger partial charge in [-0.05, 0) is 36.2 Å². The van der Waals surface area contributed by atoms with Gasteiger partial charge < -0.3 is 14.5 Å². The number of aromatic nitrogens is 1. The van der Waals surface area contributed by atoms with Crippen LogP contribution in [-0.2, 0) is 22.6 Å². The Hall–Kier alpha value is -3.35. The van der Waals surface area contributed by atoms with Gasteiger partial charge in [-0.1, -0.05) is 30.3 Å². The predicted octanol–water partition coefficient (Wildman–Crippen LogP) is 3.75. The van der Waals surface area contributed by atoms with Crippen molar-refractivity contribution >= 4 is 16.9 Å². The predicted molar refractivity (Wildman–Crippen MR) is 102 cm³/mol. The van der Waals surface area contributed by atoms with Gasteiger partial charge in [0.2, 0.25) is 0 Å². The van der Waals surface area contributed by atoms with Gasteiger partial charge in [-0.3, -0.25) is 14.9 Å². The number of nitrogens with zero attached hydrogens (tertiary/aromatic N) is 1. The van der Waals surface area contributed by atoms with E-state index in [1.165, 1.54) is 0 Å². The molecule has 1 N–H and O–H groups in total. The molecular formula is C20H22N2O5. The molecule has 1 aromatic heterocycles. The topological polar surface area (TPSA) is 94.5 Å². The second-order valence-electron chi connectivity index (χ2n) is 5.72. The second kappa shape index (κ2) is 9.96. The number of esters is 1. The first-order chi connectivity index (χ1) is 13.0. The molecule has 0 spiro atoms. The zero-order valence-corrected chi connectivity index (χ0v) is 15.3. The van der Waals surface area contributed by atoms with E-state index < -0.39 is 4.92 Å². The molecule has 0 unspecified atom stereocenters. The van der Waals surface area contributed by atoms with Crippen LogP contribution >= 0.6 is 0 Å². The number of nitro groups is 1. The van der Waals surface area contributed by atoms with Gasteiger partial charge in [0.15, 0.2) is 7.05 Å². The molecule has 1 heterocycles. The van der Waals surface area contributed by atoms with E-state index in [2.05, 4.69) is 4.98 Å². The quantitative estimate of drug-likeness (QED) is 0.405. The summed E-state index contributed by atoms with van der Waals surface area (Å²) < 4.78 is 10.9. The SMILES string of the molecule is CCOC(=O)Cc1c[nH]c2ccc(OCc3ccccc3)cc12.C[N+](=O)[O-]. The molecule has 0 aliphatic heterocycles. The Labute approximate surface area is 157 Å². The molecule has 3 rings (SSSR count). The summed E-state index contributed by atoms with van der Waals surface area (Å²) in [7, 11) is 0.889. The fourth-order valence-electron chi connectivity index (χ4n) is 2.50. The largest absolute Gasteiger partial charge is 0.489 e. The van der Waals surface area contributed by atoms with Gasteiger partial charge in [0.25, 0.3) is 0 Å². The molecule has 0 fully saturated rings. The summed E-state index contributed by atoms with van der Waals surface area (Å²) in [4.78, 5) is 23.2. The average molecular weight is 370 g/mol. The number of benzene rings is 2. The van der Waals surface area contributed by atoms with Crippen molar-refractivity contribution in [1.29, 1.82) is 0 Å². The molecule has 0 radical (unpaired) electrons. The third-order valence-electron chi connectivity index (χ3n) is 3.63. The Balaban J connectivity index is 0.000000596. The molecular weight excluding hydrogens is 348 g/mol. The smallest absolute Gasteiger partial charge is 0.310 e. The highest BCUT2D eigenvalue weighted by Crippen LogP contribution is 2.25. The zero-order valence-electron chi connectivity index (χ0n) is 15.3. The normalized spacial score (nSPS) is 10.0. The van der Waals surface area contributed by atoms with Crippen LogP contribution in [0.2, 0.25) is 0 Å². The summed E-state index contributed by atoms with van der Waals surface area (Å²) in [6.45, 7) is 2.72. The summed E-state index contributed by atoms with van der Waals surface area (Å²) in [6.07, 6.45) is 2.11. The van der Waals surface area contributed by atoms with E-state index in [4.69, 9.17) is 19.6 Å². The number of H-pyrrole nitrogens is 1. The summed E-state index contributed by atoms with van der Waals surface area (Å²) in [5.74, 6) is 0.565. The molecule has 0 saturated carbocycles. The van der Waals surface area contributed by atoms with Crippen LogP contribution in [0.5, 0.6) is 5.75 Å². The van der Waals surface area contributed by atoms with E-state index in [0.29, 0.717) is 13.2 Å². The van der Waals surface area contributed by atoms with Gasteiger partial charge in [0, 0.05) is 22.0 Å². The Morgan fingerprint density at radius 3 is 2.56 bits per heavy atom. The van der Waals surface area contributed by atoms with Crippen molar-refractivity contribution in [3.8, 4) is 5.75 Å². The van der Waals surface area contributed by atoms with Gasteiger partial charge in [-0.25, -0.2) is 0 Å². The molecule has 7 heteroatoms. The van der Waals surface area contributed by atoms with Crippen LogP contribution in [0, 0.1) is 10.1 Å². The average Bonchev–Trinajstić information content (AvgIpc) is 3.03. The number of fused-ring (bicyclic) bond motifs is 1. The second-order valence-corrected chi connectivity index (χ2v) is 5.72. The number of carbonyl (C=O) groups excluding carboxylic acids is 1. The molecule has 0 saturated heterocycles. The van der Waals surface area contributed by atoms with Crippen LogP contribution in [0.3, 0.4) is 0 Å². The summed E-state index contributed by atoms with van der Waals surface area (Å²) in [5, 5.41) is 9.80. The monoisotopic (exact) mass is 370 g/mol. The van der Waals surface area contributed by atoms with E-state index in [9.17, 15) is 4.79 Å². The number of rotatable bonds is 6. The van der Waals surface area contributed by atoms with Gasteiger partial charge in [0.05, 0.1) is 13.0 Å². The minimum Gasteiger partial charge on any atom is -0.489 e. The van der Waals surface area contributed by atoms with E-state index in [0.717, 1.165) is 34.8 Å². The minimum absolute atomic E-state index is 0.219. The highest BCUT2D eigenvalue weighted by Gasteiger charge is 2.10. The first-order valence-electron chi connectivity index (χ1n) is 8.50. The summed E-state index contributed by atoms with van der Waals surface area (Å²) >= 11 is 0. The molecule has 0 aliphatic carbocycles. The first kappa shape index (κ1) is 20.0. The van der Waals surface area contributed by atoms with E-state index in [-0.39, 0.29) is 12.4 Å². The summed E-state index contributed by atoms with van der Waals surface area (Å²) in [5.41, 5.74) is 3.02. The maximum absolute atomic E-state index is 11.7. The lowest BCUT2D eigenvalue weighted by atomic mass is 10.1. The number of nitrogens with one attached hydrogen (secondary N) is 1. The molecule has 7 nitrogen and oxygen atoms in total. The van der Waals surface area contributed by atoms with Gasteiger partial charge in [-0.15, -0.1) is 0 Å². The lowest BCUT2D eigenvalue weighted by Gasteiger charge is -2.07. The Bertz CT molecular complexity index is 886. The van der Waals surface area contributed by atoms with E-state index in [1.807, 2.05) is 61.7 Å². The molecule has 27 heavy (non-hydrogen) atoms. The Kier molecular flexibility index (Phi) is 7.37. The maximum Gasteiger partial charge on any atom is 0.310 e.